The lowest BCUT2D eigenvalue weighted by molar-refractivity contribution is 0.233. The molecule has 7 nitrogen and oxygen atoms in total. The third-order valence-corrected chi connectivity index (χ3v) is 5.91. The van der Waals surface area contributed by atoms with E-state index >= 15 is 0 Å². The fraction of sp³-hybridized carbons (Fsp3) is 0.192. The van der Waals surface area contributed by atoms with Crippen LogP contribution in [-0.2, 0) is 6.54 Å². The maximum absolute atomic E-state index is 12.7. The molecule has 1 aliphatic carbocycles. The third-order valence-electron chi connectivity index (χ3n) is 5.91. The van der Waals surface area contributed by atoms with E-state index in [4.69, 9.17) is 5.10 Å². The molecule has 0 saturated carbocycles. The van der Waals surface area contributed by atoms with Crippen LogP contribution < -0.4 is 5.32 Å². The summed E-state index contributed by atoms with van der Waals surface area (Å²) < 4.78 is 1.94. The number of amides is 2. The van der Waals surface area contributed by atoms with Crippen molar-refractivity contribution in [1.82, 2.24) is 24.6 Å². The Morgan fingerprint density at radius 1 is 1.15 bits per heavy atom. The topological polar surface area (TPSA) is 78.8 Å². The van der Waals surface area contributed by atoms with Gasteiger partial charge in [0.1, 0.15) is 11.3 Å². The molecule has 3 heterocycles. The predicted molar refractivity (Wildman–Crippen MR) is 132 cm³/mol. The summed E-state index contributed by atoms with van der Waals surface area (Å²) in [7, 11) is 1.78. The van der Waals surface area contributed by atoms with Crippen molar-refractivity contribution in [2.45, 2.75) is 26.3 Å². The van der Waals surface area contributed by atoms with E-state index in [1.54, 1.807) is 11.9 Å². The molecule has 3 aromatic heterocycles. The minimum absolute atomic E-state index is 0.164. The van der Waals surface area contributed by atoms with Gasteiger partial charge in [-0.1, -0.05) is 24.3 Å². The molecule has 33 heavy (non-hydrogen) atoms. The number of aromatic amines is 1. The number of nitrogens with one attached hydrogen (secondary N) is 2. The summed E-state index contributed by atoms with van der Waals surface area (Å²) >= 11 is 0. The number of benzene rings is 1. The van der Waals surface area contributed by atoms with E-state index in [1.165, 1.54) is 0 Å². The number of pyridine rings is 1. The van der Waals surface area contributed by atoms with E-state index in [2.05, 4.69) is 40.6 Å². The molecule has 0 radical (unpaired) electrons. The number of carbonyl (C=O) groups is 1. The molecule has 2 N–H and O–H groups in total. The van der Waals surface area contributed by atoms with Crippen molar-refractivity contribution in [3.8, 4) is 22.4 Å². The van der Waals surface area contributed by atoms with Gasteiger partial charge in [0, 0.05) is 60.1 Å². The summed E-state index contributed by atoms with van der Waals surface area (Å²) in [6.45, 7) is 2.85. The molecule has 2 amide bonds. The van der Waals surface area contributed by atoms with Crippen LogP contribution in [-0.4, -0.2) is 37.7 Å². The summed E-state index contributed by atoms with van der Waals surface area (Å²) in [4.78, 5) is 21.9. The van der Waals surface area contributed by atoms with Gasteiger partial charge in [-0.2, -0.15) is 5.10 Å². The van der Waals surface area contributed by atoms with Crippen molar-refractivity contribution < 1.29 is 4.79 Å². The van der Waals surface area contributed by atoms with Gasteiger partial charge < -0.3 is 10.3 Å². The van der Waals surface area contributed by atoms with Gasteiger partial charge in [-0.05, 0) is 55.7 Å². The Bertz CT molecular complexity index is 1360. The highest BCUT2D eigenvalue weighted by atomic mass is 16.2. The zero-order chi connectivity index (χ0) is 22.8. The lowest BCUT2D eigenvalue weighted by atomic mass is 10.0. The van der Waals surface area contributed by atoms with Crippen LogP contribution in [0.3, 0.4) is 0 Å². The summed E-state index contributed by atoms with van der Waals surface area (Å²) in [6, 6.07) is 11.7. The highest BCUT2D eigenvalue weighted by molar-refractivity contribution is 5.97. The molecule has 1 aliphatic rings. The zero-order valence-electron chi connectivity index (χ0n) is 18.7. The summed E-state index contributed by atoms with van der Waals surface area (Å²) in [5.74, 6) is 0. The Morgan fingerprint density at radius 3 is 2.76 bits per heavy atom. The minimum Gasteiger partial charge on any atom is -0.346 e. The summed E-state index contributed by atoms with van der Waals surface area (Å²) in [6.07, 6.45) is 13.9. The normalized spacial score (nSPS) is 13.2. The standard InChI is InChI=1S/C26H26N6O/c1-3-32-17-23(21-13-15-27-25-22(21)14-16-28-25)24(30-32)18-9-11-19(12-10-18)29-26(33)31(2)20-7-5-4-6-8-20/h5,7-17H,3-4,6H2,1-2H3,(H,27,28)(H,29,33). The van der Waals surface area contributed by atoms with Crippen LogP contribution >= 0.6 is 0 Å². The predicted octanol–water partition coefficient (Wildman–Crippen LogP) is 5.81. The first kappa shape index (κ1) is 20.8. The van der Waals surface area contributed by atoms with Crippen LogP contribution in [0, 0.1) is 0 Å². The fourth-order valence-electron chi connectivity index (χ4n) is 4.07. The number of likely N-dealkylation sites (N-methyl/N-ethyl adjacent to an activating group) is 1. The molecule has 0 bridgehead atoms. The number of anilines is 1. The monoisotopic (exact) mass is 438 g/mol. The number of rotatable bonds is 5. The molecule has 0 atom stereocenters. The van der Waals surface area contributed by atoms with Crippen molar-refractivity contribution in [1.29, 1.82) is 0 Å². The SMILES string of the molecule is CCn1cc(-c2ccnc3[nH]ccc23)c(-c2ccc(NC(=O)N(C)C3=CCCC=C3)cc2)n1. The molecule has 5 rings (SSSR count). The average Bonchev–Trinajstić information content (AvgIpc) is 3.52. The maximum Gasteiger partial charge on any atom is 0.326 e. The molecule has 166 valence electrons. The van der Waals surface area contributed by atoms with Crippen LogP contribution in [0.15, 0.2) is 78.9 Å². The number of nitrogens with zero attached hydrogens (tertiary/aromatic N) is 4. The van der Waals surface area contributed by atoms with Crippen LogP contribution in [0.1, 0.15) is 19.8 Å². The van der Waals surface area contributed by atoms with Crippen LogP contribution in [0.5, 0.6) is 0 Å². The number of carbonyl (C=O) groups excluding carboxylic acids is 1. The van der Waals surface area contributed by atoms with E-state index < -0.39 is 0 Å². The quantitative estimate of drug-likeness (QED) is 0.413. The molecule has 7 heteroatoms. The number of aryl methyl sites for hydroxylation is 1. The Hall–Kier alpha value is -4.13. The van der Waals surface area contributed by atoms with Crippen molar-refractivity contribution in [2.24, 2.45) is 0 Å². The zero-order valence-corrected chi connectivity index (χ0v) is 18.7. The molecule has 0 unspecified atom stereocenters. The van der Waals surface area contributed by atoms with Crippen molar-refractivity contribution in [3.05, 3.63) is 78.9 Å². The van der Waals surface area contributed by atoms with Gasteiger partial charge in [-0.15, -0.1) is 0 Å². The molecule has 0 spiro atoms. The van der Waals surface area contributed by atoms with Crippen LogP contribution in [0.2, 0.25) is 0 Å². The van der Waals surface area contributed by atoms with Crippen molar-refractivity contribution in [3.63, 3.8) is 0 Å². The molecular weight excluding hydrogens is 412 g/mol. The molecule has 0 saturated heterocycles. The lowest BCUT2D eigenvalue weighted by Crippen LogP contribution is -2.30. The fourth-order valence-corrected chi connectivity index (χ4v) is 4.07. The number of allylic oxidation sites excluding steroid dienone is 3. The first-order chi connectivity index (χ1) is 16.1. The van der Waals surface area contributed by atoms with E-state index in [1.807, 2.05) is 59.5 Å². The number of aromatic nitrogens is 4. The second kappa shape index (κ2) is 8.78. The minimum atomic E-state index is -0.164. The van der Waals surface area contributed by atoms with Gasteiger partial charge in [-0.25, -0.2) is 9.78 Å². The van der Waals surface area contributed by atoms with Gasteiger partial charge in [0.15, 0.2) is 0 Å². The second-order valence-electron chi connectivity index (χ2n) is 8.02. The van der Waals surface area contributed by atoms with E-state index in [0.717, 1.165) is 64.2 Å². The average molecular weight is 439 g/mol. The first-order valence-corrected chi connectivity index (χ1v) is 11.2. The van der Waals surface area contributed by atoms with Crippen LogP contribution in [0.25, 0.3) is 33.4 Å². The number of urea groups is 1. The number of hydrogen-bond acceptors (Lipinski definition) is 3. The molecule has 1 aromatic carbocycles. The van der Waals surface area contributed by atoms with Gasteiger partial charge in [0.25, 0.3) is 0 Å². The Balaban J connectivity index is 1.42. The molecule has 0 aliphatic heterocycles. The number of hydrogen-bond donors (Lipinski definition) is 2. The largest absolute Gasteiger partial charge is 0.346 e. The van der Waals surface area contributed by atoms with Gasteiger partial charge in [0.05, 0.1) is 0 Å². The van der Waals surface area contributed by atoms with Gasteiger partial charge in [0.2, 0.25) is 0 Å². The van der Waals surface area contributed by atoms with Crippen molar-refractivity contribution >= 4 is 22.8 Å². The maximum atomic E-state index is 12.7. The number of H-pyrrole nitrogens is 1. The van der Waals surface area contributed by atoms with Gasteiger partial charge >= 0.3 is 6.03 Å². The number of fused-ring (bicyclic) bond motifs is 1. The summed E-state index contributed by atoms with van der Waals surface area (Å²) in [5, 5.41) is 8.86. The third kappa shape index (κ3) is 4.05. The first-order valence-electron chi connectivity index (χ1n) is 11.2. The van der Waals surface area contributed by atoms with Crippen LogP contribution in [0.4, 0.5) is 10.5 Å². The molecular formula is C26H26N6O. The Labute approximate surface area is 192 Å². The molecule has 0 fully saturated rings. The van der Waals surface area contributed by atoms with Gasteiger partial charge in [-0.3, -0.25) is 9.58 Å². The second-order valence-corrected chi connectivity index (χ2v) is 8.02. The highest BCUT2D eigenvalue weighted by Crippen LogP contribution is 2.35. The van der Waals surface area contributed by atoms with E-state index in [-0.39, 0.29) is 6.03 Å². The Morgan fingerprint density at radius 2 is 2.00 bits per heavy atom. The Kier molecular flexibility index (Phi) is 5.52. The van der Waals surface area contributed by atoms with E-state index in [9.17, 15) is 4.79 Å². The smallest absolute Gasteiger partial charge is 0.326 e. The molecule has 4 aromatic rings. The lowest BCUT2D eigenvalue weighted by Gasteiger charge is -2.20. The highest BCUT2D eigenvalue weighted by Gasteiger charge is 2.17. The van der Waals surface area contributed by atoms with Crippen molar-refractivity contribution in [2.75, 3.05) is 12.4 Å². The summed E-state index contributed by atoms with van der Waals surface area (Å²) in [5.41, 5.74) is 6.54. The van der Waals surface area contributed by atoms with E-state index in [0.29, 0.717) is 0 Å².